The minimum absolute atomic E-state index is 0.203. The van der Waals surface area contributed by atoms with Crippen LogP contribution in [0.15, 0.2) is 54.9 Å². The summed E-state index contributed by atoms with van der Waals surface area (Å²) < 4.78 is 44.5. The maximum atomic E-state index is 13.0. The molecule has 0 aliphatic heterocycles. The highest BCUT2D eigenvalue weighted by Crippen LogP contribution is 2.32. The molecule has 0 fully saturated rings. The van der Waals surface area contributed by atoms with Crippen molar-refractivity contribution in [1.82, 2.24) is 9.97 Å². The van der Waals surface area contributed by atoms with Crippen molar-refractivity contribution in [3.05, 3.63) is 71.1 Å². The molecule has 0 aliphatic carbocycles. The number of nitrogens with zero attached hydrogens (tertiary/aromatic N) is 2. The van der Waals surface area contributed by atoms with Gasteiger partial charge in [-0.25, -0.2) is 14.8 Å². The molecule has 31 heavy (non-hydrogen) atoms. The molecular formula is C19H13ClF3N5O3. The van der Waals surface area contributed by atoms with Gasteiger partial charge in [0.25, 0.3) is 0 Å². The number of carbonyl (C=O) groups is 2. The first-order valence-corrected chi connectivity index (χ1v) is 8.83. The zero-order valence-electron chi connectivity index (χ0n) is 15.4. The van der Waals surface area contributed by atoms with Crippen molar-refractivity contribution in [2.75, 3.05) is 10.6 Å². The first kappa shape index (κ1) is 21.8. The fourth-order valence-electron chi connectivity index (χ4n) is 2.40. The summed E-state index contributed by atoms with van der Waals surface area (Å²) in [5.41, 5.74) is 3.63. The number of carbonyl (C=O) groups excluding carboxylic acids is 2. The number of alkyl halides is 3. The lowest BCUT2D eigenvalue weighted by Crippen LogP contribution is -2.21. The third-order valence-electron chi connectivity index (χ3n) is 3.75. The lowest BCUT2D eigenvalue weighted by Gasteiger charge is -2.13. The third-order valence-corrected chi connectivity index (χ3v) is 3.95. The molecule has 0 radical (unpaired) electrons. The molecule has 1 heterocycles. The van der Waals surface area contributed by atoms with Crippen LogP contribution in [-0.2, 0) is 6.18 Å². The van der Waals surface area contributed by atoms with Gasteiger partial charge in [-0.05, 0) is 42.5 Å². The minimum atomic E-state index is -4.72. The van der Waals surface area contributed by atoms with Gasteiger partial charge in [-0.2, -0.15) is 13.2 Å². The van der Waals surface area contributed by atoms with Crippen molar-refractivity contribution in [3.8, 4) is 11.6 Å². The highest BCUT2D eigenvalue weighted by molar-refractivity contribution is 6.29. The van der Waals surface area contributed by atoms with Crippen LogP contribution in [0, 0.1) is 0 Å². The molecule has 0 spiro atoms. The second-order valence-electron chi connectivity index (χ2n) is 6.05. The standard InChI is InChI=1S/C19H13ClF3N5O3/c20-15-8-16(26-9-25-15)31-14-3-1-12(2-4-14)27-18(30)28-13-6-10(17(24)29)5-11(7-13)19(21,22)23/h1-9H,(H2,24,29)(H2,27,28,30). The number of amides is 3. The second-order valence-corrected chi connectivity index (χ2v) is 6.43. The van der Waals surface area contributed by atoms with Crippen LogP contribution < -0.4 is 21.1 Å². The molecule has 0 unspecified atom stereocenters. The summed E-state index contributed by atoms with van der Waals surface area (Å²) in [5, 5.41) is 4.89. The van der Waals surface area contributed by atoms with E-state index in [2.05, 4.69) is 20.6 Å². The van der Waals surface area contributed by atoms with Gasteiger partial charge in [0.1, 0.15) is 17.2 Å². The molecule has 3 aromatic rings. The number of nitrogens with one attached hydrogen (secondary N) is 2. The van der Waals surface area contributed by atoms with Gasteiger partial charge in [0, 0.05) is 23.0 Å². The molecule has 8 nitrogen and oxygen atoms in total. The molecule has 0 bridgehead atoms. The molecule has 0 aliphatic rings. The van der Waals surface area contributed by atoms with Crippen LogP contribution in [0.25, 0.3) is 0 Å². The molecule has 0 saturated heterocycles. The maximum absolute atomic E-state index is 13.0. The summed E-state index contributed by atoms with van der Waals surface area (Å²) in [4.78, 5) is 31.1. The smallest absolute Gasteiger partial charge is 0.416 e. The minimum Gasteiger partial charge on any atom is -0.439 e. The Balaban J connectivity index is 1.68. The van der Waals surface area contributed by atoms with Crippen molar-refractivity contribution >= 4 is 34.9 Å². The molecule has 0 atom stereocenters. The summed E-state index contributed by atoms with van der Waals surface area (Å²) in [6, 6.07) is 8.98. The average molecular weight is 452 g/mol. The highest BCUT2D eigenvalue weighted by Gasteiger charge is 2.31. The molecular weight excluding hydrogens is 439 g/mol. The van der Waals surface area contributed by atoms with Gasteiger partial charge < -0.3 is 21.1 Å². The Kier molecular flexibility index (Phi) is 6.25. The van der Waals surface area contributed by atoms with Gasteiger partial charge >= 0.3 is 12.2 Å². The maximum Gasteiger partial charge on any atom is 0.416 e. The zero-order chi connectivity index (χ0) is 22.6. The number of rotatable bonds is 5. The summed E-state index contributed by atoms with van der Waals surface area (Å²) >= 11 is 5.75. The number of nitrogens with two attached hydrogens (primary N) is 1. The van der Waals surface area contributed by atoms with Gasteiger partial charge in [-0.15, -0.1) is 0 Å². The number of hydrogen-bond acceptors (Lipinski definition) is 5. The van der Waals surface area contributed by atoms with E-state index in [9.17, 15) is 22.8 Å². The van der Waals surface area contributed by atoms with Gasteiger partial charge in [0.2, 0.25) is 11.8 Å². The molecule has 12 heteroatoms. The van der Waals surface area contributed by atoms with E-state index in [1.54, 1.807) is 0 Å². The summed E-state index contributed by atoms with van der Waals surface area (Å²) in [7, 11) is 0. The van der Waals surface area contributed by atoms with Crippen LogP contribution in [-0.4, -0.2) is 21.9 Å². The van der Waals surface area contributed by atoms with Crippen LogP contribution in [0.3, 0.4) is 0 Å². The summed E-state index contributed by atoms with van der Waals surface area (Å²) in [5.74, 6) is -0.451. The number of aromatic nitrogens is 2. The molecule has 160 valence electrons. The average Bonchev–Trinajstić information content (AvgIpc) is 2.68. The zero-order valence-corrected chi connectivity index (χ0v) is 16.2. The number of halogens is 4. The molecule has 0 saturated carbocycles. The number of benzene rings is 2. The van der Waals surface area contributed by atoms with E-state index in [0.717, 1.165) is 6.07 Å². The van der Waals surface area contributed by atoms with Gasteiger partial charge in [0.05, 0.1) is 5.56 Å². The van der Waals surface area contributed by atoms with E-state index in [0.29, 0.717) is 23.6 Å². The Bertz CT molecular complexity index is 1120. The van der Waals surface area contributed by atoms with Gasteiger partial charge in [-0.3, -0.25) is 4.79 Å². The highest BCUT2D eigenvalue weighted by atomic mass is 35.5. The van der Waals surface area contributed by atoms with Crippen molar-refractivity contribution in [1.29, 1.82) is 0 Å². The van der Waals surface area contributed by atoms with Crippen molar-refractivity contribution in [2.45, 2.75) is 6.18 Å². The number of primary amides is 1. The van der Waals surface area contributed by atoms with Crippen LogP contribution >= 0.6 is 11.6 Å². The number of ether oxygens (including phenoxy) is 1. The van der Waals surface area contributed by atoms with E-state index in [1.807, 2.05) is 0 Å². The van der Waals surface area contributed by atoms with Crippen molar-refractivity contribution < 1.29 is 27.5 Å². The molecule has 2 aromatic carbocycles. The van der Waals surface area contributed by atoms with Crippen LogP contribution in [0.1, 0.15) is 15.9 Å². The third kappa shape index (κ3) is 6.06. The van der Waals surface area contributed by atoms with Crippen LogP contribution in [0.2, 0.25) is 5.15 Å². The number of anilines is 2. The van der Waals surface area contributed by atoms with E-state index < -0.39 is 29.2 Å². The monoisotopic (exact) mass is 451 g/mol. The van der Waals surface area contributed by atoms with E-state index >= 15 is 0 Å². The fraction of sp³-hybridized carbons (Fsp3) is 0.0526. The van der Waals surface area contributed by atoms with Gasteiger partial charge in [0.15, 0.2) is 0 Å². The Morgan fingerprint density at radius 3 is 2.26 bits per heavy atom. The lowest BCUT2D eigenvalue weighted by molar-refractivity contribution is -0.137. The predicted octanol–water partition coefficient (Wildman–Crippen LogP) is 4.68. The first-order valence-electron chi connectivity index (χ1n) is 8.46. The second kappa shape index (κ2) is 8.88. The number of hydrogen-bond donors (Lipinski definition) is 3. The van der Waals surface area contributed by atoms with Crippen molar-refractivity contribution in [2.24, 2.45) is 5.73 Å². The summed E-state index contributed by atoms with van der Waals surface area (Å²) in [6.07, 6.45) is -3.49. The number of urea groups is 1. The van der Waals surface area contributed by atoms with E-state index in [-0.39, 0.29) is 16.7 Å². The normalized spacial score (nSPS) is 11.0. The van der Waals surface area contributed by atoms with Crippen molar-refractivity contribution in [3.63, 3.8) is 0 Å². The summed E-state index contributed by atoms with van der Waals surface area (Å²) in [6.45, 7) is 0. The first-order chi connectivity index (χ1) is 14.6. The van der Waals surface area contributed by atoms with Crippen LogP contribution in [0.4, 0.5) is 29.3 Å². The molecule has 4 N–H and O–H groups in total. The predicted molar refractivity (Wildman–Crippen MR) is 106 cm³/mol. The Hall–Kier alpha value is -3.86. The van der Waals surface area contributed by atoms with Crippen LogP contribution in [0.5, 0.6) is 11.6 Å². The van der Waals surface area contributed by atoms with Gasteiger partial charge in [-0.1, -0.05) is 11.6 Å². The van der Waals surface area contributed by atoms with E-state index in [1.165, 1.54) is 36.7 Å². The fourth-order valence-corrected chi connectivity index (χ4v) is 2.54. The Labute approximate surface area is 178 Å². The Morgan fingerprint density at radius 1 is 0.968 bits per heavy atom. The van der Waals surface area contributed by atoms with E-state index in [4.69, 9.17) is 22.1 Å². The molecule has 3 amide bonds. The topological polar surface area (TPSA) is 119 Å². The quantitative estimate of drug-likeness (QED) is 0.486. The molecule has 1 aromatic heterocycles. The Morgan fingerprint density at radius 2 is 1.65 bits per heavy atom. The largest absolute Gasteiger partial charge is 0.439 e. The lowest BCUT2D eigenvalue weighted by atomic mass is 10.1. The SMILES string of the molecule is NC(=O)c1cc(NC(=O)Nc2ccc(Oc3cc(Cl)ncn3)cc2)cc(C(F)(F)F)c1. The molecule has 3 rings (SSSR count).